The minimum absolute atomic E-state index is 0.195. The van der Waals surface area contributed by atoms with Gasteiger partial charge in [0, 0.05) is 35.7 Å². The van der Waals surface area contributed by atoms with Crippen molar-refractivity contribution in [3.8, 4) is 5.75 Å². The van der Waals surface area contributed by atoms with Gasteiger partial charge in [0.25, 0.3) is 0 Å². The van der Waals surface area contributed by atoms with E-state index in [4.69, 9.17) is 4.74 Å². The molecule has 0 radical (unpaired) electrons. The van der Waals surface area contributed by atoms with E-state index in [-0.39, 0.29) is 5.54 Å². The van der Waals surface area contributed by atoms with E-state index in [1.807, 2.05) is 6.07 Å². The lowest BCUT2D eigenvalue weighted by atomic mass is 9.95. The third-order valence-electron chi connectivity index (χ3n) is 3.75. The van der Waals surface area contributed by atoms with Crippen molar-refractivity contribution in [2.75, 3.05) is 31.6 Å². The average Bonchev–Trinajstić information content (AvgIpc) is 2.39. The third kappa shape index (κ3) is 2.81. The van der Waals surface area contributed by atoms with Gasteiger partial charge in [0.05, 0.1) is 12.8 Å². The Hall–Kier alpha value is -0.740. The first-order valence-corrected chi connectivity index (χ1v) is 7.21. The number of nitrogens with one attached hydrogen (secondary N) is 1. The molecule has 1 aromatic carbocycles. The fourth-order valence-electron chi connectivity index (χ4n) is 2.35. The molecule has 0 saturated carbocycles. The summed E-state index contributed by atoms with van der Waals surface area (Å²) in [6.07, 6.45) is 1.13. The van der Waals surface area contributed by atoms with Gasteiger partial charge in [0.2, 0.25) is 0 Å². The first-order valence-electron chi connectivity index (χ1n) is 6.41. The van der Waals surface area contributed by atoms with Crippen LogP contribution in [0.5, 0.6) is 5.75 Å². The maximum Gasteiger partial charge on any atom is 0.121 e. The summed E-state index contributed by atoms with van der Waals surface area (Å²) in [7, 11) is 1.71. The second kappa shape index (κ2) is 5.49. The molecule has 18 heavy (non-hydrogen) atoms. The second-order valence-corrected chi connectivity index (χ2v) is 5.93. The summed E-state index contributed by atoms with van der Waals surface area (Å²) in [6.45, 7) is 7.59. The van der Waals surface area contributed by atoms with Gasteiger partial charge in [0.1, 0.15) is 5.75 Å². The maximum atomic E-state index is 5.32. The molecule has 4 heteroatoms. The minimum atomic E-state index is 0.195. The van der Waals surface area contributed by atoms with Crippen molar-refractivity contribution < 1.29 is 4.74 Å². The molecule has 1 saturated heterocycles. The highest BCUT2D eigenvalue weighted by Crippen LogP contribution is 2.32. The lowest BCUT2D eigenvalue weighted by Gasteiger charge is -2.42. The Morgan fingerprint density at radius 1 is 1.50 bits per heavy atom. The van der Waals surface area contributed by atoms with E-state index in [0.29, 0.717) is 0 Å². The maximum absolute atomic E-state index is 5.32. The first kappa shape index (κ1) is 13.7. The van der Waals surface area contributed by atoms with E-state index in [2.05, 4.69) is 52.1 Å². The Balaban J connectivity index is 2.25. The van der Waals surface area contributed by atoms with Gasteiger partial charge in [-0.25, -0.2) is 0 Å². The van der Waals surface area contributed by atoms with Crippen molar-refractivity contribution in [2.45, 2.75) is 25.8 Å². The molecule has 1 N–H and O–H groups in total. The van der Waals surface area contributed by atoms with Crippen LogP contribution in [0, 0.1) is 0 Å². The standard InChI is InChI=1S/C14H21BrN2O/c1-4-14(2)10-17(8-7-16-14)13-9-11(18-3)5-6-12(13)15/h5-6,9,16H,4,7-8,10H2,1-3H3. The topological polar surface area (TPSA) is 24.5 Å². The number of anilines is 1. The summed E-state index contributed by atoms with van der Waals surface area (Å²) in [4.78, 5) is 2.42. The van der Waals surface area contributed by atoms with Gasteiger partial charge in [-0.3, -0.25) is 0 Å². The molecule has 1 atom stereocenters. The molecule has 1 aromatic rings. The molecule has 0 amide bonds. The summed E-state index contributed by atoms with van der Waals surface area (Å²) in [5.74, 6) is 0.907. The van der Waals surface area contributed by atoms with E-state index >= 15 is 0 Å². The van der Waals surface area contributed by atoms with Crippen LogP contribution in [-0.4, -0.2) is 32.3 Å². The van der Waals surface area contributed by atoms with Gasteiger partial charge in [0.15, 0.2) is 0 Å². The highest BCUT2D eigenvalue weighted by Gasteiger charge is 2.29. The molecule has 1 heterocycles. The monoisotopic (exact) mass is 312 g/mol. The lowest BCUT2D eigenvalue weighted by molar-refractivity contribution is 0.313. The fourth-order valence-corrected chi connectivity index (χ4v) is 2.85. The van der Waals surface area contributed by atoms with Gasteiger partial charge in [-0.15, -0.1) is 0 Å². The molecule has 1 unspecified atom stereocenters. The Morgan fingerprint density at radius 2 is 2.28 bits per heavy atom. The molecule has 1 aliphatic rings. The molecule has 1 aliphatic heterocycles. The SMILES string of the molecule is CCC1(C)CN(c2cc(OC)ccc2Br)CCN1. The summed E-state index contributed by atoms with van der Waals surface area (Å²) < 4.78 is 6.44. The number of halogens is 1. The van der Waals surface area contributed by atoms with Crippen molar-refractivity contribution in [3.63, 3.8) is 0 Å². The average molecular weight is 313 g/mol. The van der Waals surface area contributed by atoms with Gasteiger partial charge in [-0.05, 0) is 41.4 Å². The van der Waals surface area contributed by atoms with Crippen molar-refractivity contribution >= 4 is 21.6 Å². The summed E-state index contributed by atoms with van der Waals surface area (Å²) in [5.41, 5.74) is 1.41. The van der Waals surface area contributed by atoms with Crippen LogP contribution >= 0.6 is 15.9 Å². The molecule has 3 nitrogen and oxygen atoms in total. The molecular weight excluding hydrogens is 292 g/mol. The van der Waals surface area contributed by atoms with Gasteiger partial charge >= 0.3 is 0 Å². The predicted molar refractivity (Wildman–Crippen MR) is 79.6 cm³/mol. The Kier molecular flexibility index (Phi) is 4.17. The van der Waals surface area contributed by atoms with Crippen molar-refractivity contribution in [1.82, 2.24) is 5.32 Å². The van der Waals surface area contributed by atoms with E-state index in [1.54, 1.807) is 7.11 Å². The van der Waals surface area contributed by atoms with Gasteiger partial charge in [-0.1, -0.05) is 6.92 Å². The molecule has 0 spiro atoms. The predicted octanol–water partition coefficient (Wildman–Crippen LogP) is 3.04. The number of nitrogens with zero attached hydrogens (tertiary/aromatic N) is 1. The van der Waals surface area contributed by atoms with Gasteiger partial charge < -0.3 is 15.0 Å². The second-order valence-electron chi connectivity index (χ2n) is 5.08. The first-order chi connectivity index (χ1) is 8.58. The number of methoxy groups -OCH3 is 1. The smallest absolute Gasteiger partial charge is 0.121 e. The number of piperazine rings is 1. The molecule has 2 rings (SSSR count). The Morgan fingerprint density at radius 3 is 2.94 bits per heavy atom. The van der Waals surface area contributed by atoms with E-state index in [0.717, 1.165) is 36.3 Å². The lowest BCUT2D eigenvalue weighted by Crippen LogP contribution is -2.58. The minimum Gasteiger partial charge on any atom is -0.497 e. The van der Waals surface area contributed by atoms with Crippen LogP contribution < -0.4 is 15.0 Å². The summed E-state index contributed by atoms with van der Waals surface area (Å²) >= 11 is 3.64. The number of hydrogen-bond acceptors (Lipinski definition) is 3. The number of rotatable bonds is 3. The van der Waals surface area contributed by atoms with Crippen molar-refractivity contribution in [2.24, 2.45) is 0 Å². The summed E-state index contributed by atoms with van der Waals surface area (Å²) in [6, 6.07) is 6.14. The Labute approximate surface area is 118 Å². The third-order valence-corrected chi connectivity index (χ3v) is 4.42. The molecule has 0 aromatic heterocycles. The molecular formula is C14H21BrN2O. The molecule has 0 bridgehead atoms. The number of hydrogen-bond donors (Lipinski definition) is 1. The van der Waals surface area contributed by atoms with Crippen molar-refractivity contribution in [1.29, 1.82) is 0 Å². The zero-order chi connectivity index (χ0) is 13.2. The van der Waals surface area contributed by atoms with E-state index in [1.165, 1.54) is 5.69 Å². The highest BCUT2D eigenvalue weighted by molar-refractivity contribution is 9.10. The number of ether oxygens (including phenoxy) is 1. The van der Waals surface area contributed by atoms with Crippen LogP contribution in [0.4, 0.5) is 5.69 Å². The molecule has 100 valence electrons. The van der Waals surface area contributed by atoms with Crippen LogP contribution in [0.15, 0.2) is 22.7 Å². The molecule has 0 aliphatic carbocycles. The van der Waals surface area contributed by atoms with Crippen LogP contribution in [-0.2, 0) is 0 Å². The number of benzene rings is 1. The van der Waals surface area contributed by atoms with Crippen LogP contribution in [0.2, 0.25) is 0 Å². The fraction of sp³-hybridized carbons (Fsp3) is 0.571. The van der Waals surface area contributed by atoms with Crippen LogP contribution in [0.3, 0.4) is 0 Å². The largest absolute Gasteiger partial charge is 0.497 e. The summed E-state index contributed by atoms with van der Waals surface area (Å²) in [5, 5.41) is 3.60. The Bertz CT molecular complexity index is 424. The zero-order valence-electron chi connectivity index (χ0n) is 11.3. The highest BCUT2D eigenvalue weighted by atomic mass is 79.9. The quantitative estimate of drug-likeness (QED) is 0.928. The molecule has 1 fully saturated rings. The normalized spacial score (nSPS) is 24.1. The van der Waals surface area contributed by atoms with Crippen molar-refractivity contribution in [3.05, 3.63) is 22.7 Å². The van der Waals surface area contributed by atoms with Crippen LogP contribution in [0.1, 0.15) is 20.3 Å². The van der Waals surface area contributed by atoms with E-state index in [9.17, 15) is 0 Å². The van der Waals surface area contributed by atoms with E-state index < -0.39 is 0 Å². The van der Waals surface area contributed by atoms with Gasteiger partial charge in [-0.2, -0.15) is 0 Å². The zero-order valence-corrected chi connectivity index (χ0v) is 12.9. The van der Waals surface area contributed by atoms with Crippen LogP contribution in [0.25, 0.3) is 0 Å².